The average molecular weight is 326 g/mol. The van der Waals surface area contributed by atoms with E-state index < -0.39 is 12.1 Å². The molecule has 0 saturated carbocycles. The van der Waals surface area contributed by atoms with Crippen LogP contribution in [-0.4, -0.2) is 24.1 Å². The second-order valence-corrected chi connectivity index (χ2v) is 5.90. The third kappa shape index (κ3) is 5.93. The number of carbonyl (C=O) groups excluding carboxylic acids is 2. The van der Waals surface area contributed by atoms with E-state index in [0.717, 1.165) is 0 Å². The van der Waals surface area contributed by atoms with Gasteiger partial charge < -0.3 is 15.4 Å². The monoisotopic (exact) mass is 325 g/mol. The maximum Gasteiger partial charge on any atom is 0.408 e. The van der Waals surface area contributed by atoms with Gasteiger partial charge in [-0.1, -0.05) is 43.6 Å². The first-order chi connectivity index (χ1) is 10.3. The molecule has 0 aliphatic carbocycles. The van der Waals surface area contributed by atoms with E-state index in [1.165, 1.54) is 6.54 Å². The summed E-state index contributed by atoms with van der Waals surface area (Å²) in [6.07, 6.45) is -0.854. The molecule has 0 aliphatic heterocycles. The minimum Gasteiger partial charge on any atom is -0.447 e. The topological polar surface area (TPSA) is 67.4 Å². The molecule has 6 heteroatoms. The number of ether oxygens (including phenoxy) is 1. The molecule has 2 N–H and O–H groups in total. The fourth-order valence-corrected chi connectivity index (χ4v) is 1.93. The number of rotatable bonds is 6. The van der Waals surface area contributed by atoms with Crippen LogP contribution in [-0.2, 0) is 9.53 Å². The van der Waals surface area contributed by atoms with Crippen LogP contribution in [0.15, 0.2) is 24.3 Å². The molecule has 0 fully saturated rings. The molecule has 0 aliphatic rings. The fraction of sp³-hybridized carbons (Fsp3) is 0.438. The molecule has 1 radical (unpaired) electrons. The second-order valence-electron chi connectivity index (χ2n) is 5.49. The lowest BCUT2D eigenvalue weighted by molar-refractivity contribution is -0.123. The van der Waals surface area contributed by atoms with Gasteiger partial charge in [0.15, 0.2) is 0 Å². The van der Waals surface area contributed by atoms with Crippen LogP contribution in [0.4, 0.5) is 4.79 Å². The molecule has 1 rings (SSSR count). The van der Waals surface area contributed by atoms with Crippen molar-refractivity contribution >= 4 is 23.6 Å². The van der Waals surface area contributed by atoms with Gasteiger partial charge in [-0.15, -0.1) is 0 Å². The van der Waals surface area contributed by atoms with Crippen molar-refractivity contribution in [1.29, 1.82) is 0 Å². The van der Waals surface area contributed by atoms with E-state index in [1.807, 2.05) is 26.0 Å². The van der Waals surface area contributed by atoms with Crippen LogP contribution < -0.4 is 10.6 Å². The zero-order valence-electron chi connectivity index (χ0n) is 13.2. The molecule has 1 aromatic rings. The number of nitrogens with one attached hydrogen (secondary N) is 2. The minimum absolute atomic E-state index is 0.0839. The Morgan fingerprint density at radius 2 is 1.82 bits per heavy atom. The van der Waals surface area contributed by atoms with Gasteiger partial charge in [-0.05, 0) is 31.4 Å². The lowest BCUT2D eigenvalue weighted by Crippen LogP contribution is -2.49. The van der Waals surface area contributed by atoms with Gasteiger partial charge in [-0.25, -0.2) is 4.79 Å². The SMILES string of the molecule is CC(C)OC(=O)NC(C(=O)N[CH]c1ccccc1Cl)C(C)C. The van der Waals surface area contributed by atoms with Gasteiger partial charge in [0.1, 0.15) is 6.04 Å². The number of halogens is 1. The van der Waals surface area contributed by atoms with E-state index in [2.05, 4.69) is 10.6 Å². The van der Waals surface area contributed by atoms with Crippen LogP contribution in [0.5, 0.6) is 0 Å². The smallest absolute Gasteiger partial charge is 0.408 e. The number of carbonyl (C=O) groups is 2. The van der Waals surface area contributed by atoms with Gasteiger partial charge in [-0.3, -0.25) is 4.79 Å². The highest BCUT2D eigenvalue weighted by molar-refractivity contribution is 6.31. The van der Waals surface area contributed by atoms with E-state index in [9.17, 15) is 9.59 Å². The predicted molar refractivity (Wildman–Crippen MR) is 86.4 cm³/mol. The number of benzene rings is 1. The quantitative estimate of drug-likeness (QED) is 0.844. The lowest BCUT2D eigenvalue weighted by Gasteiger charge is -2.22. The van der Waals surface area contributed by atoms with Crippen LogP contribution in [0.2, 0.25) is 5.02 Å². The first-order valence-corrected chi connectivity index (χ1v) is 7.54. The van der Waals surface area contributed by atoms with Gasteiger partial charge in [0.2, 0.25) is 5.91 Å². The molecule has 0 heterocycles. The van der Waals surface area contributed by atoms with Gasteiger partial charge in [0.25, 0.3) is 0 Å². The third-order valence-electron chi connectivity index (χ3n) is 2.84. The highest BCUT2D eigenvalue weighted by Gasteiger charge is 2.25. The summed E-state index contributed by atoms with van der Waals surface area (Å²) in [5.41, 5.74) is 0.699. The molecule has 1 aromatic carbocycles. The van der Waals surface area contributed by atoms with Gasteiger partial charge in [0.05, 0.1) is 12.6 Å². The van der Waals surface area contributed by atoms with E-state index in [4.69, 9.17) is 16.3 Å². The van der Waals surface area contributed by atoms with Gasteiger partial charge in [0, 0.05) is 5.02 Å². The van der Waals surface area contributed by atoms with Gasteiger partial charge >= 0.3 is 6.09 Å². The highest BCUT2D eigenvalue weighted by Crippen LogP contribution is 2.15. The highest BCUT2D eigenvalue weighted by atomic mass is 35.5. The van der Waals surface area contributed by atoms with Crippen molar-refractivity contribution in [2.75, 3.05) is 0 Å². The van der Waals surface area contributed by atoms with Crippen LogP contribution in [0.25, 0.3) is 0 Å². The van der Waals surface area contributed by atoms with Crippen molar-refractivity contribution in [3.8, 4) is 0 Å². The zero-order valence-corrected chi connectivity index (χ0v) is 14.0. The summed E-state index contributed by atoms with van der Waals surface area (Å²) in [7, 11) is 0. The molecule has 0 bridgehead atoms. The molecule has 1 unspecified atom stereocenters. The molecular formula is C16H22ClN2O3. The standard InChI is InChI=1S/C16H22ClN2O3/c1-10(2)14(19-16(21)22-11(3)4)15(20)18-9-12-7-5-6-8-13(12)17/h5-11,14H,1-4H3,(H,18,20)(H,19,21). The Hall–Kier alpha value is -1.75. The predicted octanol–water partition coefficient (Wildman–Crippen LogP) is 3.13. The van der Waals surface area contributed by atoms with Crippen molar-refractivity contribution in [2.24, 2.45) is 5.92 Å². The molecule has 2 amide bonds. The normalized spacial score (nSPS) is 12.1. The molecule has 5 nitrogen and oxygen atoms in total. The van der Waals surface area contributed by atoms with Crippen LogP contribution in [0.1, 0.15) is 33.3 Å². The van der Waals surface area contributed by atoms with Crippen molar-refractivity contribution in [2.45, 2.75) is 39.8 Å². The Kier molecular flexibility index (Phi) is 7.18. The summed E-state index contributed by atoms with van der Waals surface area (Å²) in [5.74, 6) is -0.407. The number of hydrogen-bond acceptors (Lipinski definition) is 3. The minimum atomic E-state index is -0.690. The molecule has 22 heavy (non-hydrogen) atoms. The van der Waals surface area contributed by atoms with Crippen LogP contribution in [0, 0.1) is 12.5 Å². The Bertz CT molecular complexity index is 518. The third-order valence-corrected chi connectivity index (χ3v) is 3.18. The maximum absolute atomic E-state index is 12.2. The van der Waals surface area contributed by atoms with Crippen molar-refractivity contribution < 1.29 is 14.3 Å². The first kappa shape index (κ1) is 18.3. The summed E-state index contributed by atoms with van der Waals surface area (Å²) in [6, 6.07) is 6.46. The van der Waals surface area contributed by atoms with Crippen molar-refractivity contribution in [3.63, 3.8) is 0 Å². The first-order valence-electron chi connectivity index (χ1n) is 7.16. The molecular weight excluding hydrogens is 304 g/mol. The summed E-state index contributed by atoms with van der Waals surface area (Å²) in [5, 5.41) is 5.77. The molecule has 0 aromatic heterocycles. The summed E-state index contributed by atoms with van der Waals surface area (Å²) < 4.78 is 5.00. The summed E-state index contributed by atoms with van der Waals surface area (Å²) in [4.78, 5) is 23.9. The Morgan fingerprint density at radius 1 is 1.18 bits per heavy atom. The van der Waals surface area contributed by atoms with Crippen LogP contribution >= 0.6 is 11.6 Å². The Morgan fingerprint density at radius 3 is 2.36 bits per heavy atom. The summed E-state index contributed by atoms with van der Waals surface area (Å²) in [6.45, 7) is 8.70. The lowest BCUT2D eigenvalue weighted by atomic mass is 10.0. The molecule has 121 valence electrons. The van der Waals surface area contributed by atoms with E-state index >= 15 is 0 Å². The number of hydrogen-bond donors (Lipinski definition) is 2. The Balaban J connectivity index is 2.62. The second kappa shape index (κ2) is 8.63. The molecule has 0 spiro atoms. The average Bonchev–Trinajstić information content (AvgIpc) is 2.42. The van der Waals surface area contributed by atoms with Crippen molar-refractivity contribution in [1.82, 2.24) is 10.6 Å². The zero-order chi connectivity index (χ0) is 16.7. The number of alkyl carbamates (subject to hydrolysis) is 1. The molecule has 1 atom stereocenters. The number of amides is 2. The maximum atomic E-state index is 12.2. The van der Waals surface area contributed by atoms with E-state index in [1.54, 1.807) is 26.0 Å². The van der Waals surface area contributed by atoms with Crippen LogP contribution in [0.3, 0.4) is 0 Å². The fourth-order valence-electron chi connectivity index (χ4n) is 1.74. The largest absolute Gasteiger partial charge is 0.447 e. The van der Waals surface area contributed by atoms with Crippen molar-refractivity contribution in [3.05, 3.63) is 41.4 Å². The molecule has 0 saturated heterocycles. The van der Waals surface area contributed by atoms with Gasteiger partial charge in [-0.2, -0.15) is 0 Å². The summed E-state index contributed by atoms with van der Waals surface area (Å²) >= 11 is 6.02. The van der Waals surface area contributed by atoms with E-state index in [-0.39, 0.29) is 17.9 Å². The Labute approximate surface area is 136 Å². The van der Waals surface area contributed by atoms with E-state index in [0.29, 0.717) is 10.6 Å².